The van der Waals surface area contributed by atoms with E-state index in [2.05, 4.69) is 16.0 Å². The molecule has 138 valence electrons. The molecule has 2 aromatic rings. The maximum Gasteiger partial charge on any atom is 0.243 e. The molecule has 2 amide bonds. The van der Waals surface area contributed by atoms with Crippen molar-refractivity contribution in [1.29, 1.82) is 0 Å². The molecule has 3 N–H and O–H groups in total. The molecule has 0 radical (unpaired) electrons. The van der Waals surface area contributed by atoms with E-state index < -0.39 is 0 Å². The zero-order chi connectivity index (χ0) is 18.9. The van der Waals surface area contributed by atoms with Crippen molar-refractivity contribution in [3.63, 3.8) is 0 Å². The summed E-state index contributed by atoms with van der Waals surface area (Å²) in [6.45, 7) is 6.36. The smallest absolute Gasteiger partial charge is 0.243 e. The number of nitrogens with one attached hydrogen (secondary N) is 3. The Kier molecular flexibility index (Phi) is 7.02. The van der Waals surface area contributed by atoms with Gasteiger partial charge in [-0.2, -0.15) is 0 Å². The predicted octanol–water partition coefficient (Wildman–Crippen LogP) is 3.79. The maximum atomic E-state index is 12.1. The highest BCUT2D eigenvalue weighted by Gasteiger charge is 2.08. The standard InChI is InChI=1S/C20H25N3O3/c1-4-19(24)23-18-8-6-7-17(14(18)3)21-13-20(25)22-15-9-11-16(12-10-15)26-5-2/h6-12,21H,4-5,13H2,1-3H3,(H,22,25)(H,23,24). The second kappa shape index (κ2) is 9.46. The minimum Gasteiger partial charge on any atom is -0.494 e. The number of hydrogen-bond donors (Lipinski definition) is 3. The highest BCUT2D eigenvalue weighted by molar-refractivity contribution is 5.95. The van der Waals surface area contributed by atoms with Crippen LogP contribution in [0.15, 0.2) is 42.5 Å². The van der Waals surface area contributed by atoms with Gasteiger partial charge in [0.1, 0.15) is 5.75 Å². The van der Waals surface area contributed by atoms with Crippen LogP contribution in [-0.4, -0.2) is 25.0 Å². The molecule has 2 aromatic carbocycles. The Labute approximate surface area is 153 Å². The monoisotopic (exact) mass is 355 g/mol. The quantitative estimate of drug-likeness (QED) is 0.673. The lowest BCUT2D eigenvalue weighted by Crippen LogP contribution is -2.22. The lowest BCUT2D eigenvalue weighted by molar-refractivity contribution is -0.116. The lowest BCUT2D eigenvalue weighted by atomic mass is 10.1. The van der Waals surface area contributed by atoms with Crippen molar-refractivity contribution in [3.05, 3.63) is 48.0 Å². The third-order valence-corrected chi connectivity index (χ3v) is 3.82. The van der Waals surface area contributed by atoms with Gasteiger partial charge in [-0.25, -0.2) is 0 Å². The van der Waals surface area contributed by atoms with Gasteiger partial charge in [-0.3, -0.25) is 9.59 Å². The topological polar surface area (TPSA) is 79.5 Å². The van der Waals surface area contributed by atoms with Gasteiger partial charge >= 0.3 is 0 Å². The summed E-state index contributed by atoms with van der Waals surface area (Å²) < 4.78 is 5.38. The van der Waals surface area contributed by atoms with Gasteiger partial charge in [-0.05, 0) is 55.8 Å². The second-order valence-corrected chi connectivity index (χ2v) is 5.74. The van der Waals surface area contributed by atoms with Gasteiger partial charge in [0.25, 0.3) is 0 Å². The Bertz CT molecular complexity index is 757. The van der Waals surface area contributed by atoms with Gasteiger partial charge < -0.3 is 20.7 Å². The van der Waals surface area contributed by atoms with E-state index in [1.807, 2.05) is 44.2 Å². The Morgan fingerprint density at radius 2 is 1.62 bits per heavy atom. The van der Waals surface area contributed by atoms with Crippen LogP contribution >= 0.6 is 0 Å². The van der Waals surface area contributed by atoms with Crippen LogP contribution in [-0.2, 0) is 9.59 Å². The average molecular weight is 355 g/mol. The number of benzene rings is 2. The summed E-state index contributed by atoms with van der Waals surface area (Å²) in [5, 5.41) is 8.79. The molecular formula is C20H25N3O3. The van der Waals surface area contributed by atoms with Crippen molar-refractivity contribution in [3.8, 4) is 5.75 Å². The van der Waals surface area contributed by atoms with E-state index >= 15 is 0 Å². The normalized spacial score (nSPS) is 10.1. The fraction of sp³-hybridized carbons (Fsp3) is 0.300. The summed E-state index contributed by atoms with van der Waals surface area (Å²) in [6.07, 6.45) is 0.418. The van der Waals surface area contributed by atoms with Gasteiger partial charge in [-0.15, -0.1) is 0 Å². The van der Waals surface area contributed by atoms with Crippen LogP contribution in [0.4, 0.5) is 17.1 Å². The molecule has 0 saturated heterocycles. The van der Waals surface area contributed by atoms with Crippen molar-refractivity contribution >= 4 is 28.9 Å². The fourth-order valence-corrected chi connectivity index (χ4v) is 2.38. The van der Waals surface area contributed by atoms with E-state index in [1.54, 1.807) is 19.1 Å². The zero-order valence-corrected chi connectivity index (χ0v) is 15.4. The summed E-state index contributed by atoms with van der Waals surface area (Å²) in [6, 6.07) is 12.8. The number of anilines is 3. The number of ether oxygens (including phenoxy) is 1. The minimum absolute atomic E-state index is 0.0431. The maximum absolute atomic E-state index is 12.1. The Morgan fingerprint density at radius 3 is 2.27 bits per heavy atom. The first-order chi connectivity index (χ1) is 12.5. The van der Waals surface area contributed by atoms with Crippen LogP contribution < -0.4 is 20.7 Å². The summed E-state index contributed by atoms with van der Waals surface area (Å²) >= 11 is 0. The summed E-state index contributed by atoms with van der Waals surface area (Å²) in [4.78, 5) is 23.7. The first kappa shape index (κ1) is 19.3. The van der Waals surface area contributed by atoms with Crippen molar-refractivity contribution in [2.24, 2.45) is 0 Å². The molecule has 0 bridgehead atoms. The van der Waals surface area contributed by atoms with E-state index in [4.69, 9.17) is 4.74 Å². The van der Waals surface area contributed by atoms with Gasteiger partial charge in [-0.1, -0.05) is 13.0 Å². The first-order valence-electron chi connectivity index (χ1n) is 8.69. The fourth-order valence-electron chi connectivity index (χ4n) is 2.38. The van der Waals surface area contributed by atoms with E-state index in [0.29, 0.717) is 18.7 Å². The molecule has 0 aliphatic heterocycles. The van der Waals surface area contributed by atoms with Crippen molar-refractivity contribution in [1.82, 2.24) is 0 Å². The van der Waals surface area contributed by atoms with E-state index in [9.17, 15) is 9.59 Å². The van der Waals surface area contributed by atoms with Crippen LogP contribution in [0, 0.1) is 6.92 Å². The molecule has 26 heavy (non-hydrogen) atoms. The summed E-state index contributed by atoms with van der Waals surface area (Å²) in [7, 11) is 0. The van der Waals surface area contributed by atoms with Crippen molar-refractivity contribution in [2.45, 2.75) is 27.2 Å². The number of amides is 2. The third-order valence-electron chi connectivity index (χ3n) is 3.82. The third kappa shape index (κ3) is 5.51. The summed E-state index contributed by atoms with van der Waals surface area (Å²) in [5.41, 5.74) is 3.15. The van der Waals surface area contributed by atoms with Gasteiger partial charge in [0.2, 0.25) is 11.8 Å². The molecule has 0 heterocycles. The van der Waals surface area contributed by atoms with Gasteiger partial charge in [0, 0.05) is 23.5 Å². The molecule has 0 aliphatic rings. The molecule has 0 spiro atoms. The van der Waals surface area contributed by atoms with E-state index in [0.717, 1.165) is 22.7 Å². The van der Waals surface area contributed by atoms with Crippen LogP contribution in [0.25, 0.3) is 0 Å². The first-order valence-corrected chi connectivity index (χ1v) is 8.69. The SMILES string of the molecule is CCOc1ccc(NC(=O)CNc2cccc(NC(=O)CC)c2C)cc1. The molecule has 6 heteroatoms. The zero-order valence-electron chi connectivity index (χ0n) is 15.4. The van der Waals surface area contributed by atoms with E-state index in [-0.39, 0.29) is 18.4 Å². The Hall–Kier alpha value is -3.02. The number of carbonyl (C=O) groups excluding carboxylic acids is 2. The predicted molar refractivity (Wildman–Crippen MR) is 105 cm³/mol. The number of carbonyl (C=O) groups is 2. The number of hydrogen-bond acceptors (Lipinski definition) is 4. The highest BCUT2D eigenvalue weighted by atomic mass is 16.5. The van der Waals surface area contributed by atoms with Gasteiger partial charge in [0.15, 0.2) is 0 Å². The number of rotatable bonds is 8. The molecule has 0 aliphatic carbocycles. The van der Waals surface area contributed by atoms with Crippen LogP contribution in [0.3, 0.4) is 0 Å². The molecule has 0 saturated carbocycles. The molecule has 2 rings (SSSR count). The molecule has 0 unspecified atom stereocenters. The Balaban J connectivity index is 1.92. The molecule has 0 atom stereocenters. The molecular weight excluding hydrogens is 330 g/mol. The van der Waals surface area contributed by atoms with E-state index in [1.165, 1.54) is 0 Å². The molecule has 6 nitrogen and oxygen atoms in total. The summed E-state index contributed by atoms with van der Waals surface area (Å²) in [5.74, 6) is 0.570. The van der Waals surface area contributed by atoms with Crippen LogP contribution in [0.2, 0.25) is 0 Å². The largest absolute Gasteiger partial charge is 0.494 e. The van der Waals surface area contributed by atoms with Gasteiger partial charge in [0.05, 0.1) is 13.2 Å². The van der Waals surface area contributed by atoms with Crippen LogP contribution in [0.1, 0.15) is 25.8 Å². The molecule has 0 aromatic heterocycles. The highest BCUT2D eigenvalue weighted by Crippen LogP contribution is 2.23. The second-order valence-electron chi connectivity index (χ2n) is 5.74. The molecule has 0 fully saturated rings. The minimum atomic E-state index is -0.156. The van der Waals surface area contributed by atoms with Crippen molar-refractivity contribution < 1.29 is 14.3 Å². The van der Waals surface area contributed by atoms with Crippen molar-refractivity contribution in [2.75, 3.05) is 29.1 Å². The Morgan fingerprint density at radius 1 is 0.923 bits per heavy atom. The van der Waals surface area contributed by atoms with Crippen LogP contribution in [0.5, 0.6) is 5.75 Å². The average Bonchev–Trinajstić information content (AvgIpc) is 2.64. The lowest BCUT2D eigenvalue weighted by Gasteiger charge is -2.14.